The third-order valence-corrected chi connectivity index (χ3v) is 4.92. The molecule has 160 valence electrons. The Morgan fingerprint density at radius 1 is 0.812 bits per heavy atom. The number of ketones is 2. The molecule has 0 aromatic heterocycles. The maximum absolute atomic E-state index is 12.5. The van der Waals surface area contributed by atoms with Crippen LogP contribution in [0.4, 0.5) is 5.69 Å². The summed E-state index contributed by atoms with van der Waals surface area (Å²) in [6.45, 7) is 2.33. The number of fused-ring (bicyclic) bond motifs is 1. The normalized spacial score (nSPS) is 12.3. The maximum atomic E-state index is 12.5. The first kappa shape index (κ1) is 21.1. The van der Waals surface area contributed by atoms with E-state index in [0.29, 0.717) is 34.7 Å². The SMILES string of the molecule is CCOc1ccc(NC(=O)COc2ccc(C=C3C(=O)c4ccccc4C3=O)cc2)cc1. The zero-order valence-electron chi connectivity index (χ0n) is 17.5. The number of allylic oxidation sites excluding steroid dienone is 1. The van der Waals surface area contributed by atoms with Crippen molar-refractivity contribution in [3.8, 4) is 11.5 Å². The number of amides is 1. The standard InChI is InChI=1S/C26H21NO5/c1-2-31-19-13-9-18(10-14-19)27-24(28)16-32-20-11-7-17(8-12-20)15-23-25(29)21-5-3-4-6-22(21)26(23)30/h3-15H,2,16H2,1H3,(H,27,28). The van der Waals surface area contributed by atoms with E-state index < -0.39 is 0 Å². The molecular formula is C26H21NO5. The van der Waals surface area contributed by atoms with Gasteiger partial charge in [0.15, 0.2) is 18.2 Å². The summed E-state index contributed by atoms with van der Waals surface area (Å²) in [6.07, 6.45) is 1.58. The van der Waals surface area contributed by atoms with Crippen LogP contribution in [0.25, 0.3) is 6.08 Å². The van der Waals surface area contributed by atoms with Gasteiger partial charge in [-0.25, -0.2) is 0 Å². The van der Waals surface area contributed by atoms with Crippen molar-refractivity contribution in [2.45, 2.75) is 6.92 Å². The molecule has 0 saturated carbocycles. The molecule has 0 aliphatic heterocycles. The molecule has 3 aromatic carbocycles. The number of nitrogens with one attached hydrogen (secondary N) is 1. The quantitative estimate of drug-likeness (QED) is 0.441. The zero-order valence-corrected chi connectivity index (χ0v) is 17.5. The largest absolute Gasteiger partial charge is 0.494 e. The number of carbonyl (C=O) groups excluding carboxylic acids is 3. The molecule has 0 fully saturated rings. The Bertz CT molecular complexity index is 1160. The molecule has 1 amide bonds. The van der Waals surface area contributed by atoms with Crippen molar-refractivity contribution >= 4 is 29.2 Å². The third kappa shape index (κ3) is 4.59. The van der Waals surface area contributed by atoms with Gasteiger partial charge in [-0.3, -0.25) is 14.4 Å². The van der Waals surface area contributed by atoms with Crippen molar-refractivity contribution in [3.05, 3.63) is 95.1 Å². The Hall–Kier alpha value is -4.19. The van der Waals surface area contributed by atoms with Gasteiger partial charge in [-0.15, -0.1) is 0 Å². The van der Waals surface area contributed by atoms with E-state index >= 15 is 0 Å². The molecule has 0 radical (unpaired) electrons. The molecule has 0 saturated heterocycles. The highest BCUT2D eigenvalue weighted by atomic mass is 16.5. The average Bonchev–Trinajstić information content (AvgIpc) is 3.05. The van der Waals surface area contributed by atoms with Crippen LogP contribution in [0, 0.1) is 0 Å². The molecule has 1 N–H and O–H groups in total. The summed E-state index contributed by atoms with van der Waals surface area (Å²) in [6, 6.07) is 20.7. The van der Waals surface area contributed by atoms with Gasteiger partial charge in [0, 0.05) is 16.8 Å². The van der Waals surface area contributed by atoms with Crippen molar-refractivity contribution in [2.75, 3.05) is 18.5 Å². The van der Waals surface area contributed by atoms with E-state index in [1.807, 2.05) is 6.92 Å². The fourth-order valence-corrected chi connectivity index (χ4v) is 3.38. The van der Waals surface area contributed by atoms with Crippen LogP contribution in [0.1, 0.15) is 33.2 Å². The lowest BCUT2D eigenvalue weighted by atomic mass is 10.1. The second-order valence-electron chi connectivity index (χ2n) is 7.13. The minimum Gasteiger partial charge on any atom is -0.494 e. The van der Waals surface area contributed by atoms with Crippen molar-refractivity contribution in [2.24, 2.45) is 0 Å². The van der Waals surface area contributed by atoms with Gasteiger partial charge in [0.25, 0.3) is 5.91 Å². The van der Waals surface area contributed by atoms with Gasteiger partial charge in [-0.2, -0.15) is 0 Å². The summed E-state index contributed by atoms with van der Waals surface area (Å²) in [5.74, 6) is 0.414. The molecular weight excluding hydrogens is 406 g/mol. The smallest absolute Gasteiger partial charge is 0.262 e. The van der Waals surface area contributed by atoms with Crippen molar-refractivity contribution in [3.63, 3.8) is 0 Å². The van der Waals surface area contributed by atoms with Crippen LogP contribution >= 0.6 is 0 Å². The van der Waals surface area contributed by atoms with Crippen molar-refractivity contribution in [1.82, 2.24) is 0 Å². The van der Waals surface area contributed by atoms with Gasteiger partial charge in [0.1, 0.15) is 11.5 Å². The van der Waals surface area contributed by atoms with E-state index in [-0.39, 0.29) is 29.7 Å². The van der Waals surface area contributed by atoms with Gasteiger partial charge >= 0.3 is 0 Å². The number of hydrogen-bond acceptors (Lipinski definition) is 5. The number of hydrogen-bond donors (Lipinski definition) is 1. The first-order valence-corrected chi connectivity index (χ1v) is 10.2. The summed E-state index contributed by atoms with van der Waals surface area (Å²) < 4.78 is 10.9. The molecule has 6 nitrogen and oxygen atoms in total. The van der Waals surface area contributed by atoms with Crippen LogP contribution in [0.2, 0.25) is 0 Å². The van der Waals surface area contributed by atoms with E-state index in [1.165, 1.54) is 0 Å². The lowest BCUT2D eigenvalue weighted by molar-refractivity contribution is -0.118. The first-order chi connectivity index (χ1) is 15.5. The summed E-state index contributed by atoms with van der Waals surface area (Å²) in [4.78, 5) is 37.1. The van der Waals surface area contributed by atoms with E-state index in [9.17, 15) is 14.4 Å². The zero-order chi connectivity index (χ0) is 22.5. The van der Waals surface area contributed by atoms with Crippen molar-refractivity contribution < 1.29 is 23.9 Å². The summed E-state index contributed by atoms with van der Waals surface area (Å²) >= 11 is 0. The average molecular weight is 427 g/mol. The molecule has 32 heavy (non-hydrogen) atoms. The van der Waals surface area contributed by atoms with E-state index in [0.717, 1.165) is 5.75 Å². The number of ether oxygens (including phenoxy) is 2. The molecule has 0 unspecified atom stereocenters. The van der Waals surface area contributed by atoms with Crippen LogP contribution in [0.3, 0.4) is 0 Å². The highest BCUT2D eigenvalue weighted by molar-refractivity contribution is 6.41. The lowest BCUT2D eigenvalue weighted by Gasteiger charge is -2.09. The minimum atomic E-state index is -0.291. The predicted octanol–water partition coefficient (Wildman–Crippen LogP) is 4.57. The van der Waals surface area contributed by atoms with E-state index in [4.69, 9.17) is 9.47 Å². The van der Waals surface area contributed by atoms with Crippen LogP contribution in [-0.4, -0.2) is 30.7 Å². The summed E-state index contributed by atoms with van der Waals surface area (Å²) in [5.41, 5.74) is 2.36. The Morgan fingerprint density at radius 3 is 1.97 bits per heavy atom. The lowest BCUT2D eigenvalue weighted by Crippen LogP contribution is -2.20. The van der Waals surface area contributed by atoms with Crippen LogP contribution < -0.4 is 14.8 Å². The number of benzene rings is 3. The molecule has 0 atom stereocenters. The molecule has 0 heterocycles. The fraction of sp³-hybridized carbons (Fsp3) is 0.115. The fourth-order valence-electron chi connectivity index (χ4n) is 3.38. The van der Waals surface area contributed by atoms with Crippen LogP contribution in [-0.2, 0) is 4.79 Å². The second kappa shape index (κ2) is 9.31. The number of Topliss-reactive ketones (excluding diaryl/α,β-unsaturated/α-hetero) is 2. The summed E-state index contributed by atoms with van der Waals surface area (Å²) in [7, 11) is 0. The Morgan fingerprint density at radius 2 is 1.38 bits per heavy atom. The third-order valence-electron chi connectivity index (χ3n) is 4.92. The highest BCUT2D eigenvalue weighted by Gasteiger charge is 2.32. The van der Waals surface area contributed by atoms with E-state index in [2.05, 4.69) is 5.32 Å². The number of carbonyl (C=O) groups is 3. The van der Waals surface area contributed by atoms with Gasteiger partial charge in [0.05, 0.1) is 12.2 Å². The molecule has 1 aliphatic rings. The second-order valence-corrected chi connectivity index (χ2v) is 7.13. The maximum Gasteiger partial charge on any atom is 0.262 e. The van der Waals surface area contributed by atoms with Crippen LogP contribution in [0.15, 0.2) is 78.4 Å². The molecule has 0 spiro atoms. The van der Waals surface area contributed by atoms with Gasteiger partial charge in [-0.05, 0) is 55.0 Å². The molecule has 3 aromatic rings. The Kier molecular flexibility index (Phi) is 6.12. The van der Waals surface area contributed by atoms with Gasteiger partial charge in [0.2, 0.25) is 0 Å². The molecule has 1 aliphatic carbocycles. The molecule has 6 heteroatoms. The monoisotopic (exact) mass is 427 g/mol. The highest BCUT2D eigenvalue weighted by Crippen LogP contribution is 2.28. The van der Waals surface area contributed by atoms with Gasteiger partial charge < -0.3 is 14.8 Å². The molecule has 0 bridgehead atoms. The Balaban J connectivity index is 1.34. The predicted molar refractivity (Wildman–Crippen MR) is 121 cm³/mol. The summed E-state index contributed by atoms with van der Waals surface area (Å²) in [5, 5.41) is 2.76. The number of rotatable bonds is 7. The topological polar surface area (TPSA) is 81.7 Å². The number of anilines is 1. The van der Waals surface area contributed by atoms with E-state index in [1.54, 1.807) is 78.9 Å². The van der Waals surface area contributed by atoms with Gasteiger partial charge in [-0.1, -0.05) is 36.4 Å². The van der Waals surface area contributed by atoms with Crippen LogP contribution in [0.5, 0.6) is 11.5 Å². The van der Waals surface area contributed by atoms with Crippen molar-refractivity contribution in [1.29, 1.82) is 0 Å². The Labute approximate surface area is 185 Å². The minimum absolute atomic E-state index is 0.148. The molecule has 4 rings (SSSR count). The first-order valence-electron chi connectivity index (χ1n) is 10.2.